The van der Waals surface area contributed by atoms with Gasteiger partial charge >= 0.3 is 5.69 Å². The Morgan fingerprint density at radius 3 is 2.57 bits per heavy atom. The minimum absolute atomic E-state index is 0.0308. The molecule has 5 nitrogen and oxygen atoms in total. The van der Waals surface area contributed by atoms with E-state index in [1.165, 1.54) is 6.07 Å². The van der Waals surface area contributed by atoms with E-state index in [1.54, 1.807) is 6.07 Å². The fourth-order valence-corrected chi connectivity index (χ4v) is 2.23. The number of hydrogen-bond acceptors (Lipinski definition) is 4. The summed E-state index contributed by atoms with van der Waals surface area (Å²) in [5.41, 5.74) is 1.09. The zero-order chi connectivity index (χ0) is 15.8. The molecule has 0 aromatic heterocycles. The second-order valence-electron chi connectivity index (χ2n) is 5.50. The fourth-order valence-electron chi connectivity index (χ4n) is 2.23. The van der Waals surface area contributed by atoms with Gasteiger partial charge in [-0.15, -0.1) is 0 Å². The van der Waals surface area contributed by atoms with Crippen LogP contribution < -0.4 is 10.1 Å². The Morgan fingerprint density at radius 1 is 1.33 bits per heavy atom. The van der Waals surface area contributed by atoms with Crippen LogP contribution in [-0.4, -0.2) is 24.1 Å². The van der Waals surface area contributed by atoms with Crippen LogP contribution in [0.2, 0.25) is 0 Å². The first-order chi connectivity index (χ1) is 9.99. The molecule has 0 saturated heterocycles. The topological polar surface area (TPSA) is 64.4 Å². The molecule has 1 rings (SSSR count). The first-order valence-electron chi connectivity index (χ1n) is 7.63. The van der Waals surface area contributed by atoms with Crippen LogP contribution in [0, 0.1) is 16.0 Å². The zero-order valence-electron chi connectivity index (χ0n) is 13.4. The molecule has 5 heteroatoms. The van der Waals surface area contributed by atoms with E-state index >= 15 is 0 Å². The van der Waals surface area contributed by atoms with Crippen molar-refractivity contribution in [2.45, 2.75) is 46.6 Å². The Balaban J connectivity index is 2.91. The van der Waals surface area contributed by atoms with Crippen molar-refractivity contribution in [3.63, 3.8) is 0 Å². The van der Waals surface area contributed by atoms with E-state index in [0.29, 0.717) is 24.3 Å². The molecule has 1 N–H and O–H groups in total. The standard InChI is InChI=1S/C16H26N2O3/c1-5-9-17-14(12(3)4)10-13-7-8-15(18(19)20)16(11-13)21-6-2/h7-8,11-12,14,17H,5-6,9-10H2,1-4H3. The molecule has 1 atom stereocenters. The zero-order valence-corrected chi connectivity index (χ0v) is 13.4. The molecule has 1 aromatic carbocycles. The van der Waals surface area contributed by atoms with Gasteiger partial charge in [-0.05, 0) is 43.9 Å². The summed E-state index contributed by atoms with van der Waals surface area (Å²) in [5, 5.41) is 14.5. The minimum Gasteiger partial charge on any atom is -0.487 e. The van der Waals surface area contributed by atoms with Crippen LogP contribution in [0.3, 0.4) is 0 Å². The number of ether oxygens (including phenoxy) is 1. The smallest absolute Gasteiger partial charge is 0.310 e. The Morgan fingerprint density at radius 2 is 2.05 bits per heavy atom. The minimum atomic E-state index is -0.399. The van der Waals surface area contributed by atoms with Gasteiger partial charge in [-0.1, -0.05) is 26.8 Å². The third-order valence-corrected chi connectivity index (χ3v) is 3.44. The number of nitro groups is 1. The second kappa shape index (κ2) is 8.62. The Labute approximate surface area is 126 Å². The van der Waals surface area contributed by atoms with Gasteiger partial charge in [0.25, 0.3) is 0 Å². The molecule has 0 spiro atoms. The molecule has 0 bridgehead atoms. The molecule has 0 aliphatic rings. The number of rotatable bonds is 9. The van der Waals surface area contributed by atoms with Crippen LogP contribution in [0.15, 0.2) is 18.2 Å². The summed E-state index contributed by atoms with van der Waals surface area (Å²) in [7, 11) is 0. The van der Waals surface area contributed by atoms with Crippen molar-refractivity contribution in [3.8, 4) is 5.75 Å². The Kier molecular flexibility index (Phi) is 7.15. The average molecular weight is 294 g/mol. The maximum atomic E-state index is 11.0. The molecule has 1 unspecified atom stereocenters. The first kappa shape index (κ1) is 17.4. The number of hydrogen-bond donors (Lipinski definition) is 1. The van der Waals surface area contributed by atoms with E-state index in [0.717, 1.165) is 24.9 Å². The fraction of sp³-hybridized carbons (Fsp3) is 0.625. The molecular formula is C16H26N2O3. The molecule has 0 saturated carbocycles. The molecule has 0 aliphatic carbocycles. The summed E-state index contributed by atoms with van der Waals surface area (Å²) in [5.74, 6) is 0.861. The lowest BCUT2D eigenvalue weighted by Gasteiger charge is -2.22. The molecule has 0 amide bonds. The molecular weight excluding hydrogens is 268 g/mol. The molecule has 0 aliphatic heterocycles. The van der Waals surface area contributed by atoms with Crippen molar-refractivity contribution in [1.82, 2.24) is 5.32 Å². The van der Waals surface area contributed by atoms with Gasteiger partial charge in [0.05, 0.1) is 11.5 Å². The summed E-state index contributed by atoms with van der Waals surface area (Å²) >= 11 is 0. The molecule has 0 heterocycles. The van der Waals surface area contributed by atoms with E-state index in [4.69, 9.17) is 4.74 Å². The Hall–Kier alpha value is -1.62. The largest absolute Gasteiger partial charge is 0.487 e. The highest BCUT2D eigenvalue weighted by molar-refractivity contribution is 5.48. The van der Waals surface area contributed by atoms with E-state index in [1.807, 2.05) is 13.0 Å². The molecule has 0 radical (unpaired) electrons. The van der Waals surface area contributed by atoms with Crippen LogP contribution in [-0.2, 0) is 6.42 Å². The van der Waals surface area contributed by atoms with Crippen LogP contribution in [0.4, 0.5) is 5.69 Å². The molecule has 1 aromatic rings. The van der Waals surface area contributed by atoms with E-state index in [2.05, 4.69) is 26.1 Å². The van der Waals surface area contributed by atoms with Crippen molar-refractivity contribution in [2.24, 2.45) is 5.92 Å². The SMILES string of the molecule is CCCNC(Cc1ccc([N+](=O)[O-])c(OCC)c1)C(C)C. The highest BCUT2D eigenvalue weighted by Gasteiger charge is 2.18. The highest BCUT2D eigenvalue weighted by atomic mass is 16.6. The predicted molar refractivity (Wildman–Crippen MR) is 84.9 cm³/mol. The first-order valence-corrected chi connectivity index (χ1v) is 7.63. The van der Waals surface area contributed by atoms with Gasteiger partial charge < -0.3 is 10.1 Å². The molecule has 0 fully saturated rings. The highest BCUT2D eigenvalue weighted by Crippen LogP contribution is 2.28. The summed E-state index contributed by atoms with van der Waals surface area (Å²) in [6.45, 7) is 9.74. The summed E-state index contributed by atoms with van der Waals surface area (Å²) in [4.78, 5) is 10.6. The summed E-state index contributed by atoms with van der Waals surface area (Å²) in [6.07, 6.45) is 1.93. The lowest BCUT2D eigenvalue weighted by atomic mass is 9.96. The van der Waals surface area contributed by atoms with Crippen LogP contribution in [0.5, 0.6) is 5.75 Å². The van der Waals surface area contributed by atoms with Crippen molar-refractivity contribution in [2.75, 3.05) is 13.2 Å². The number of nitrogens with one attached hydrogen (secondary N) is 1. The van der Waals surface area contributed by atoms with Gasteiger partial charge in [0.2, 0.25) is 0 Å². The van der Waals surface area contributed by atoms with Crippen molar-refractivity contribution >= 4 is 5.69 Å². The van der Waals surface area contributed by atoms with Gasteiger partial charge in [-0.25, -0.2) is 0 Å². The van der Waals surface area contributed by atoms with Crippen LogP contribution >= 0.6 is 0 Å². The third-order valence-electron chi connectivity index (χ3n) is 3.44. The average Bonchev–Trinajstić information content (AvgIpc) is 2.43. The lowest BCUT2D eigenvalue weighted by molar-refractivity contribution is -0.385. The van der Waals surface area contributed by atoms with Crippen LogP contribution in [0.25, 0.3) is 0 Å². The quantitative estimate of drug-likeness (QED) is 0.558. The van der Waals surface area contributed by atoms with E-state index in [9.17, 15) is 10.1 Å². The van der Waals surface area contributed by atoms with Gasteiger partial charge in [0.1, 0.15) is 0 Å². The van der Waals surface area contributed by atoms with Crippen molar-refractivity contribution in [3.05, 3.63) is 33.9 Å². The maximum absolute atomic E-state index is 11.0. The molecule has 21 heavy (non-hydrogen) atoms. The second-order valence-corrected chi connectivity index (χ2v) is 5.50. The van der Waals surface area contributed by atoms with Gasteiger partial charge in [0, 0.05) is 12.1 Å². The van der Waals surface area contributed by atoms with Gasteiger partial charge in [-0.2, -0.15) is 0 Å². The molecule has 118 valence electrons. The predicted octanol–water partition coefficient (Wildman–Crippen LogP) is 3.56. The lowest BCUT2D eigenvalue weighted by Crippen LogP contribution is -2.36. The van der Waals surface area contributed by atoms with Crippen LogP contribution in [0.1, 0.15) is 39.7 Å². The van der Waals surface area contributed by atoms with E-state index in [-0.39, 0.29) is 5.69 Å². The van der Waals surface area contributed by atoms with E-state index < -0.39 is 4.92 Å². The normalized spacial score (nSPS) is 12.4. The number of nitrogens with zero attached hydrogens (tertiary/aromatic N) is 1. The van der Waals surface area contributed by atoms with Crippen molar-refractivity contribution < 1.29 is 9.66 Å². The monoisotopic (exact) mass is 294 g/mol. The summed E-state index contributed by atoms with van der Waals surface area (Å²) in [6, 6.07) is 5.52. The summed E-state index contributed by atoms with van der Waals surface area (Å²) < 4.78 is 5.40. The number of nitro benzene ring substituents is 1. The van der Waals surface area contributed by atoms with Crippen molar-refractivity contribution in [1.29, 1.82) is 0 Å². The van der Waals surface area contributed by atoms with Gasteiger partial charge in [-0.3, -0.25) is 10.1 Å². The Bertz CT molecular complexity index is 461. The third kappa shape index (κ3) is 5.34. The van der Waals surface area contributed by atoms with Gasteiger partial charge in [0.15, 0.2) is 5.75 Å². The maximum Gasteiger partial charge on any atom is 0.310 e. The number of benzene rings is 1.